The van der Waals surface area contributed by atoms with Crippen LogP contribution in [0.4, 0.5) is 11.6 Å². The monoisotopic (exact) mass is 376 g/mol. The third-order valence-corrected chi connectivity index (χ3v) is 4.21. The molecule has 6 nitrogen and oxygen atoms in total. The standard InChI is InChI=1S/C16H17BrN4O2/c17-12-5-1-2-6-13(12)20-15(22)14-7-8-18-16(21-14)19-10-11-4-3-9-23-11/h1-2,5-8,11H,3-4,9-10H2,(H,20,22)(H,18,19,21). The Bertz CT molecular complexity index is 689. The van der Waals surface area contributed by atoms with E-state index in [2.05, 4.69) is 36.5 Å². The zero-order chi connectivity index (χ0) is 16.1. The molecule has 1 unspecified atom stereocenters. The van der Waals surface area contributed by atoms with Crippen LogP contribution in [-0.2, 0) is 4.74 Å². The maximum Gasteiger partial charge on any atom is 0.274 e. The number of halogens is 1. The highest BCUT2D eigenvalue weighted by atomic mass is 79.9. The van der Waals surface area contributed by atoms with Crippen molar-refractivity contribution < 1.29 is 9.53 Å². The van der Waals surface area contributed by atoms with Crippen LogP contribution in [0.3, 0.4) is 0 Å². The van der Waals surface area contributed by atoms with Crippen LogP contribution in [0.15, 0.2) is 41.0 Å². The van der Waals surface area contributed by atoms with Crippen LogP contribution in [0.25, 0.3) is 0 Å². The number of para-hydroxylation sites is 1. The fourth-order valence-corrected chi connectivity index (χ4v) is 2.71. The van der Waals surface area contributed by atoms with E-state index in [1.54, 1.807) is 12.3 Å². The highest BCUT2D eigenvalue weighted by molar-refractivity contribution is 9.10. The van der Waals surface area contributed by atoms with Crippen LogP contribution in [-0.4, -0.2) is 35.1 Å². The van der Waals surface area contributed by atoms with Crippen LogP contribution in [0, 0.1) is 0 Å². The highest BCUT2D eigenvalue weighted by Gasteiger charge is 2.16. The number of hydrogen-bond donors (Lipinski definition) is 2. The molecule has 1 fully saturated rings. The number of rotatable bonds is 5. The first-order valence-electron chi connectivity index (χ1n) is 7.47. The Balaban J connectivity index is 1.64. The molecule has 1 saturated heterocycles. The first-order valence-corrected chi connectivity index (χ1v) is 8.26. The van der Waals surface area contributed by atoms with Gasteiger partial charge in [-0.25, -0.2) is 9.97 Å². The second-order valence-electron chi connectivity index (χ2n) is 5.22. The Hall–Kier alpha value is -1.99. The molecule has 2 N–H and O–H groups in total. The Labute approximate surface area is 142 Å². The summed E-state index contributed by atoms with van der Waals surface area (Å²) < 4.78 is 6.36. The van der Waals surface area contributed by atoms with Gasteiger partial charge in [-0.2, -0.15) is 0 Å². The Kier molecular flexibility index (Phi) is 5.19. The third kappa shape index (κ3) is 4.27. The molecule has 1 aliphatic heterocycles. The fourth-order valence-electron chi connectivity index (χ4n) is 2.33. The van der Waals surface area contributed by atoms with E-state index in [0.29, 0.717) is 23.9 Å². The molecule has 120 valence electrons. The average molecular weight is 377 g/mol. The summed E-state index contributed by atoms with van der Waals surface area (Å²) in [5.41, 5.74) is 1.01. The second-order valence-corrected chi connectivity index (χ2v) is 6.07. The zero-order valence-corrected chi connectivity index (χ0v) is 14.0. The van der Waals surface area contributed by atoms with E-state index in [-0.39, 0.29) is 12.0 Å². The summed E-state index contributed by atoms with van der Waals surface area (Å²) in [6.45, 7) is 1.46. The van der Waals surface area contributed by atoms with Gasteiger partial charge < -0.3 is 15.4 Å². The van der Waals surface area contributed by atoms with Crippen LogP contribution in [0.2, 0.25) is 0 Å². The summed E-state index contributed by atoms with van der Waals surface area (Å²) in [5, 5.41) is 5.94. The quantitative estimate of drug-likeness (QED) is 0.838. The van der Waals surface area contributed by atoms with Gasteiger partial charge in [0.25, 0.3) is 5.91 Å². The van der Waals surface area contributed by atoms with Gasteiger partial charge in [0.05, 0.1) is 11.8 Å². The maximum absolute atomic E-state index is 12.3. The molecule has 0 radical (unpaired) electrons. The number of ether oxygens (including phenoxy) is 1. The summed E-state index contributed by atoms with van der Waals surface area (Å²) in [5.74, 6) is 0.153. The molecule has 2 heterocycles. The van der Waals surface area contributed by atoms with Gasteiger partial charge in [-0.3, -0.25) is 4.79 Å². The number of carbonyl (C=O) groups is 1. The van der Waals surface area contributed by atoms with Crippen LogP contribution >= 0.6 is 15.9 Å². The van der Waals surface area contributed by atoms with Gasteiger partial charge in [-0.15, -0.1) is 0 Å². The lowest BCUT2D eigenvalue weighted by atomic mass is 10.2. The molecule has 1 aliphatic rings. The van der Waals surface area contributed by atoms with Crippen molar-refractivity contribution in [3.05, 3.63) is 46.7 Å². The lowest BCUT2D eigenvalue weighted by Gasteiger charge is -2.11. The summed E-state index contributed by atoms with van der Waals surface area (Å²) in [6.07, 6.45) is 3.88. The molecule has 3 rings (SSSR count). The molecule has 1 amide bonds. The van der Waals surface area contributed by atoms with Gasteiger partial charge in [0.2, 0.25) is 5.95 Å². The normalized spacial score (nSPS) is 17.0. The number of amides is 1. The van der Waals surface area contributed by atoms with Gasteiger partial charge in [0, 0.05) is 23.8 Å². The number of hydrogen-bond acceptors (Lipinski definition) is 5. The van der Waals surface area contributed by atoms with Crippen LogP contribution in [0.5, 0.6) is 0 Å². The van der Waals surface area contributed by atoms with E-state index in [4.69, 9.17) is 4.74 Å². The van der Waals surface area contributed by atoms with Crippen molar-refractivity contribution >= 4 is 33.5 Å². The third-order valence-electron chi connectivity index (χ3n) is 3.52. The summed E-state index contributed by atoms with van der Waals surface area (Å²) in [4.78, 5) is 20.7. The van der Waals surface area contributed by atoms with E-state index in [1.165, 1.54) is 0 Å². The van der Waals surface area contributed by atoms with Gasteiger partial charge >= 0.3 is 0 Å². The molecule has 7 heteroatoms. The van der Waals surface area contributed by atoms with Crippen LogP contribution in [0.1, 0.15) is 23.3 Å². The number of nitrogens with one attached hydrogen (secondary N) is 2. The number of aromatic nitrogens is 2. The molecule has 0 saturated carbocycles. The number of carbonyl (C=O) groups excluding carboxylic acids is 1. The second kappa shape index (κ2) is 7.52. The molecule has 1 aromatic heterocycles. The van der Waals surface area contributed by atoms with Crippen molar-refractivity contribution in [2.24, 2.45) is 0 Å². The Morgan fingerprint density at radius 2 is 2.22 bits per heavy atom. The lowest BCUT2D eigenvalue weighted by molar-refractivity contribution is 0.102. The van der Waals surface area contributed by atoms with E-state index < -0.39 is 0 Å². The van der Waals surface area contributed by atoms with Gasteiger partial charge in [-0.05, 0) is 47.0 Å². The lowest BCUT2D eigenvalue weighted by Crippen LogP contribution is -2.21. The minimum absolute atomic E-state index is 0.191. The van der Waals surface area contributed by atoms with Gasteiger partial charge in [0.15, 0.2) is 0 Å². The van der Waals surface area contributed by atoms with Gasteiger partial charge in [-0.1, -0.05) is 12.1 Å². The molecule has 0 aliphatic carbocycles. The SMILES string of the molecule is O=C(Nc1ccccc1Br)c1ccnc(NCC2CCCO2)n1. The van der Waals surface area contributed by atoms with E-state index >= 15 is 0 Å². The first-order chi connectivity index (χ1) is 11.2. The number of benzene rings is 1. The van der Waals surface area contributed by atoms with E-state index in [1.807, 2.05) is 24.3 Å². The van der Waals surface area contributed by atoms with Crippen molar-refractivity contribution in [2.45, 2.75) is 18.9 Å². The molecular formula is C16H17BrN4O2. The largest absolute Gasteiger partial charge is 0.376 e. The molecule has 0 spiro atoms. The van der Waals surface area contributed by atoms with Crippen molar-refractivity contribution in [1.82, 2.24) is 9.97 Å². The molecule has 1 aromatic carbocycles. The van der Waals surface area contributed by atoms with Crippen molar-refractivity contribution in [2.75, 3.05) is 23.8 Å². The molecule has 2 aromatic rings. The Morgan fingerprint density at radius 1 is 1.35 bits per heavy atom. The minimum atomic E-state index is -0.278. The van der Waals surface area contributed by atoms with Crippen molar-refractivity contribution in [3.63, 3.8) is 0 Å². The summed E-state index contributed by atoms with van der Waals surface area (Å²) in [7, 11) is 0. The summed E-state index contributed by atoms with van der Waals surface area (Å²) >= 11 is 3.40. The van der Waals surface area contributed by atoms with Gasteiger partial charge in [0.1, 0.15) is 5.69 Å². The predicted octanol–water partition coefficient (Wildman–Crippen LogP) is 3.08. The minimum Gasteiger partial charge on any atom is -0.376 e. The smallest absolute Gasteiger partial charge is 0.274 e. The zero-order valence-electron chi connectivity index (χ0n) is 12.5. The molecule has 0 bridgehead atoms. The molecular weight excluding hydrogens is 360 g/mol. The average Bonchev–Trinajstić information content (AvgIpc) is 3.09. The summed E-state index contributed by atoms with van der Waals surface area (Å²) in [6, 6.07) is 9.01. The number of anilines is 2. The molecule has 23 heavy (non-hydrogen) atoms. The van der Waals surface area contributed by atoms with Crippen molar-refractivity contribution in [3.8, 4) is 0 Å². The Morgan fingerprint density at radius 3 is 3.00 bits per heavy atom. The van der Waals surface area contributed by atoms with E-state index in [9.17, 15) is 4.79 Å². The van der Waals surface area contributed by atoms with Crippen molar-refractivity contribution in [1.29, 1.82) is 0 Å². The molecule has 1 atom stereocenters. The maximum atomic E-state index is 12.3. The predicted molar refractivity (Wildman–Crippen MR) is 91.6 cm³/mol. The van der Waals surface area contributed by atoms with E-state index in [0.717, 1.165) is 23.9 Å². The first kappa shape index (κ1) is 15.9. The van der Waals surface area contributed by atoms with Crippen LogP contribution < -0.4 is 10.6 Å². The highest BCUT2D eigenvalue weighted by Crippen LogP contribution is 2.21. The fraction of sp³-hybridized carbons (Fsp3) is 0.312. The topological polar surface area (TPSA) is 76.1 Å². The number of nitrogens with zero attached hydrogens (tertiary/aromatic N) is 2.